The van der Waals surface area contributed by atoms with Crippen molar-refractivity contribution in [2.75, 3.05) is 59.5 Å². The van der Waals surface area contributed by atoms with Gasteiger partial charge in [-0.05, 0) is 92.8 Å². The van der Waals surface area contributed by atoms with E-state index in [9.17, 15) is 91.0 Å². The van der Waals surface area contributed by atoms with Gasteiger partial charge >= 0.3 is 0 Å². The SMILES string of the molecule is CC(C)CCCC(CO[N+](=O)[O-])O[N+](=O)[O-].CC(C)CCCCC(CO[N+](=O)[O-])O[N+](=O)[O-].CC(C)CCCCCCO[N+](=O)[O-].CC(C)CCCCCO[N+](=O)[O-].CC(C)CCCCO[N+](=O)[O-].CC(C)CCCO[N+](=O)[O-].CC(C)CCOCCO[N+](=O)[O-]. The zero-order valence-electron chi connectivity index (χ0n) is 56.6. The Kier molecular flexibility index (Phi) is 76.9. The predicted molar refractivity (Wildman–Crippen MR) is 331 cm³/mol. The van der Waals surface area contributed by atoms with E-state index in [1.54, 1.807) is 0 Å². The quantitative estimate of drug-likeness (QED) is 0.0310. The van der Waals surface area contributed by atoms with Gasteiger partial charge in [0.05, 0.1) is 33.0 Å². The molecule has 0 radical (unpaired) electrons. The van der Waals surface area contributed by atoms with Gasteiger partial charge in [-0.25, -0.2) is 0 Å². The Balaban J connectivity index is -0.000000182. The first-order chi connectivity index (χ1) is 42.5. The fraction of sp³-hybridized carbons (Fsp3) is 1.00. The normalized spacial score (nSPS) is 10.9. The second-order valence-electron chi connectivity index (χ2n) is 23.3. The zero-order valence-corrected chi connectivity index (χ0v) is 56.6. The molecule has 0 rings (SSSR count). The minimum atomic E-state index is -0.987. The summed E-state index contributed by atoms with van der Waals surface area (Å²) >= 11 is 0. The van der Waals surface area contributed by atoms with E-state index in [0.29, 0.717) is 55.5 Å². The van der Waals surface area contributed by atoms with Crippen LogP contribution in [-0.2, 0) is 48.3 Å². The Bertz CT molecular complexity index is 1730. The molecule has 0 aromatic heterocycles. The molecule has 37 nitrogen and oxygen atoms in total. The van der Waals surface area contributed by atoms with Crippen LogP contribution in [0.25, 0.3) is 0 Å². The van der Waals surface area contributed by atoms with Crippen LogP contribution >= 0.6 is 0 Å². The molecule has 2 unspecified atom stereocenters. The highest BCUT2D eigenvalue weighted by molar-refractivity contribution is 4.58. The molecule has 0 amide bonds. The lowest BCUT2D eigenvalue weighted by Gasteiger charge is -2.13. The topological polar surface area (TPSA) is 481 Å². The van der Waals surface area contributed by atoms with E-state index in [1.807, 2.05) is 13.8 Å². The number of unbranched alkanes of at least 4 members (excludes halogenated alkanes) is 7. The molecule has 37 heteroatoms. The van der Waals surface area contributed by atoms with Crippen LogP contribution < -0.4 is 0 Å². The van der Waals surface area contributed by atoms with Crippen LogP contribution in [-0.4, -0.2) is 117 Å². The van der Waals surface area contributed by atoms with Gasteiger partial charge in [0.25, 0.3) is 45.8 Å². The van der Waals surface area contributed by atoms with E-state index in [1.165, 1.54) is 19.3 Å². The van der Waals surface area contributed by atoms with Gasteiger partial charge in [-0.1, -0.05) is 187 Å². The summed E-state index contributed by atoms with van der Waals surface area (Å²) in [7, 11) is 0. The fourth-order valence-corrected chi connectivity index (χ4v) is 6.68. The Labute approximate surface area is 535 Å². The zero-order chi connectivity index (χ0) is 71.4. The first-order valence-corrected chi connectivity index (χ1v) is 31.1. The van der Waals surface area contributed by atoms with Gasteiger partial charge in [-0.3, -0.25) is 0 Å². The van der Waals surface area contributed by atoms with Crippen LogP contribution in [0.3, 0.4) is 0 Å². The van der Waals surface area contributed by atoms with Crippen molar-refractivity contribution in [1.82, 2.24) is 0 Å². The summed E-state index contributed by atoms with van der Waals surface area (Å²) in [5.74, 6) is 4.39. The van der Waals surface area contributed by atoms with Crippen molar-refractivity contribution < 1.29 is 94.1 Å². The largest absolute Gasteiger partial charge is 0.379 e. The Morgan fingerprint density at radius 2 is 0.451 bits per heavy atom. The number of rotatable bonds is 52. The molecular formula is C54H113N9O28. The van der Waals surface area contributed by atoms with E-state index in [-0.39, 0.29) is 39.6 Å². The molecule has 0 aliphatic heterocycles. The maximum atomic E-state index is 10.2. The van der Waals surface area contributed by atoms with Crippen LogP contribution in [0, 0.1) is 132 Å². The molecule has 542 valence electrons. The van der Waals surface area contributed by atoms with Gasteiger partial charge in [0.1, 0.15) is 32.0 Å². The minimum Gasteiger partial charge on any atom is -0.379 e. The summed E-state index contributed by atoms with van der Waals surface area (Å²) in [5, 5.41) is 81.0. The summed E-state index contributed by atoms with van der Waals surface area (Å²) in [5.41, 5.74) is 0. The highest BCUT2D eigenvalue weighted by Crippen LogP contribution is 2.14. The van der Waals surface area contributed by atoms with E-state index < -0.39 is 71.2 Å². The van der Waals surface area contributed by atoms with E-state index in [0.717, 1.165) is 115 Å². The molecule has 0 fully saturated rings. The summed E-state index contributed by atoms with van der Waals surface area (Å²) in [6.07, 6.45) is 18.4. The molecule has 0 heterocycles. The fourth-order valence-electron chi connectivity index (χ4n) is 6.68. The van der Waals surface area contributed by atoms with E-state index >= 15 is 0 Å². The lowest BCUT2D eigenvalue weighted by Crippen LogP contribution is -2.24. The lowest BCUT2D eigenvalue weighted by atomic mass is 10.0. The third kappa shape index (κ3) is 121. The molecule has 0 aromatic rings. The van der Waals surface area contributed by atoms with Gasteiger partial charge in [0.15, 0.2) is 0 Å². The highest BCUT2D eigenvalue weighted by Gasteiger charge is 2.17. The maximum Gasteiger partial charge on any atom is 0.294 e. The van der Waals surface area contributed by atoms with Gasteiger partial charge in [-0.2, -0.15) is 0 Å². The number of ether oxygens (including phenoxy) is 1. The standard InChI is InChI=1S/C9H18N2O6.C9H19NO3.C8H16N2O6.C8H17NO3.C7H15NO4.C7H15NO3.C6H13NO3/c1-8(2)5-3-4-6-9(17-11(14)15)7-16-10(12)13;1-9(2)7-5-3-4-6-8-13-10(11)12;1-7(2)4-3-5-8(16-10(13)14)6-15-9(11)12;1-8(2)6-4-3-5-7-12-9(10)11;1-7(2)3-4-11-5-6-12-8(9)10;1-7(2)5-3-4-6-11-8(9)10;1-6(2)4-3-5-10-7(8)9/h8-9H,3-7H2,1-2H3;9H,3-8H2,1-2H3;7-8H,3-6H2,1-2H3;8H,3-7H2,1-2H3;7H,3-6H2,1-2H3;7H,3-6H2,1-2H3;6H,3-5H2,1-2H3. The average molecular weight is 1340 g/mol. The molecule has 0 saturated carbocycles. The smallest absolute Gasteiger partial charge is 0.294 e. The Hall–Kier alpha value is -7.24. The summed E-state index contributed by atoms with van der Waals surface area (Å²) in [6, 6.07) is 0. The third-order valence-corrected chi connectivity index (χ3v) is 11.3. The highest BCUT2D eigenvalue weighted by atomic mass is 17.0. The predicted octanol–water partition coefficient (Wildman–Crippen LogP) is 13.7. The van der Waals surface area contributed by atoms with E-state index in [4.69, 9.17) is 4.74 Å². The van der Waals surface area contributed by atoms with Crippen molar-refractivity contribution in [3.63, 3.8) is 0 Å². The van der Waals surface area contributed by atoms with Gasteiger partial charge < -0.3 is 48.3 Å². The molecular weight excluding hydrogens is 1220 g/mol. The van der Waals surface area contributed by atoms with Crippen LogP contribution in [0.2, 0.25) is 0 Å². The summed E-state index contributed by atoms with van der Waals surface area (Å²) in [6.45, 7) is 30.7. The van der Waals surface area contributed by atoms with Gasteiger partial charge in [-0.15, -0.1) is 91.0 Å². The molecule has 0 N–H and O–H groups in total. The molecule has 0 bridgehead atoms. The molecule has 0 aromatic carbocycles. The van der Waals surface area contributed by atoms with Crippen molar-refractivity contribution >= 4 is 0 Å². The van der Waals surface area contributed by atoms with Gasteiger partial charge in [0, 0.05) is 6.61 Å². The van der Waals surface area contributed by atoms with Crippen molar-refractivity contribution in [3.8, 4) is 0 Å². The summed E-state index contributed by atoms with van der Waals surface area (Å²) < 4.78 is 5.07. The first kappa shape index (κ1) is 97.4. The molecule has 0 saturated heterocycles. The molecule has 0 aliphatic carbocycles. The van der Waals surface area contributed by atoms with E-state index in [2.05, 4.69) is 127 Å². The van der Waals surface area contributed by atoms with Crippen LogP contribution in [0.4, 0.5) is 0 Å². The van der Waals surface area contributed by atoms with Gasteiger partial charge in [0.2, 0.25) is 0 Å². The van der Waals surface area contributed by atoms with Crippen molar-refractivity contribution in [1.29, 1.82) is 0 Å². The van der Waals surface area contributed by atoms with Crippen LogP contribution in [0.1, 0.15) is 238 Å². The molecule has 0 aliphatic rings. The molecule has 91 heavy (non-hydrogen) atoms. The molecule has 2 atom stereocenters. The molecule has 0 spiro atoms. The van der Waals surface area contributed by atoms with Crippen molar-refractivity contribution in [3.05, 3.63) is 91.0 Å². The number of nitrogens with zero attached hydrogens (tertiary/aromatic N) is 9. The monoisotopic (exact) mass is 1340 g/mol. The second-order valence-corrected chi connectivity index (χ2v) is 23.3. The maximum absolute atomic E-state index is 10.2. The van der Waals surface area contributed by atoms with Crippen molar-refractivity contribution in [2.24, 2.45) is 41.4 Å². The number of hydrogen-bond donors (Lipinski definition) is 0. The minimum absolute atomic E-state index is 0.0189. The lowest BCUT2D eigenvalue weighted by molar-refractivity contribution is -0.790. The first-order valence-electron chi connectivity index (χ1n) is 31.1. The second kappa shape index (κ2) is 71.8. The Morgan fingerprint density at radius 1 is 0.220 bits per heavy atom. The average Bonchev–Trinajstić information content (AvgIpc) is 3.65. The van der Waals surface area contributed by atoms with Crippen LogP contribution in [0.5, 0.6) is 0 Å². The summed E-state index contributed by atoms with van der Waals surface area (Å²) in [4.78, 5) is 126. The van der Waals surface area contributed by atoms with Crippen LogP contribution in [0.15, 0.2) is 0 Å². The van der Waals surface area contributed by atoms with Crippen molar-refractivity contribution in [2.45, 2.75) is 250 Å². The number of hydrogen-bond acceptors (Lipinski definition) is 28. The third-order valence-electron chi connectivity index (χ3n) is 11.3. The Morgan fingerprint density at radius 3 is 0.769 bits per heavy atom.